The van der Waals surface area contributed by atoms with Crippen LogP contribution in [0.5, 0.6) is 0 Å². The Labute approximate surface area is 155 Å². The Kier molecular flexibility index (Phi) is 3.77. The van der Waals surface area contributed by atoms with Crippen molar-refractivity contribution >= 4 is 11.6 Å². The van der Waals surface area contributed by atoms with Gasteiger partial charge in [-0.15, -0.1) is 0 Å². The van der Waals surface area contributed by atoms with E-state index in [1.54, 1.807) is 6.33 Å². The van der Waals surface area contributed by atoms with E-state index < -0.39 is 11.7 Å². The molecule has 8 heteroatoms. The average molecular weight is 375 g/mol. The molecule has 0 saturated carbocycles. The Hall–Kier alpha value is -2.38. The largest absolute Gasteiger partial charge is 0.417 e. The number of fused-ring (bicyclic) bond motifs is 2. The van der Waals surface area contributed by atoms with Crippen molar-refractivity contribution in [2.24, 2.45) is 5.92 Å². The summed E-state index contributed by atoms with van der Waals surface area (Å²) < 4.78 is 38.3. The number of nitrogens with zero attached hydrogens (tertiary/aromatic N) is 5. The first-order valence-corrected chi connectivity index (χ1v) is 9.38. The van der Waals surface area contributed by atoms with Crippen LogP contribution in [0.2, 0.25) is 0 Å². The van der Waals surface area contributed by atoms with Gasteiger partial charge in [-0.2, -0.15) is 13.2 Å². The van der Waals surface area contributed by atoms with Crippen LogP contribution in [0.25, 0.3) is 0 Å². The van der Waals surface area contributed by atoms with Gasteiger partial charge in [-0.25, -0.2) is 15.0 Å². The maximum absolute atomic E-state index is 12.8. The van der Waals surface area contributed by atoms with Crippen LogP contribution in [0.15, 0.2) is 24.7 Å². The highest BCUT2D eigenvalue weighted by Gasteiger charge is 2.43. The summed E-state index contributed by atoms with van der Waals surface area (Å²) in [5, 5.41) is 0. The second-order valence-corrected chi connectivity index (χ2v) is 7.59. The number of aromatic nitrogens is 3. The fourth-order valence-electron chi connectivity index (χ4n) is 4.74. The summed E-state index contributed by atoms with van der Waals surface area (Å²) in [7, 11) is 0. The summed E-state index contributed by atoms with van der Waals surface area (Å²) >= 11 is 0. The van der Waals surface area contributed by atoms with Gasteiger partial charge in [-0.3, -0.25) is 0 Å². The SMILES string of the molecule is FC(F)(F)c1ccc(N2CC3CCN(c4ncnc5c4CCC5)C3C2)nc1. The van der Waals surface area contributed by atoms with Crippen LogP contribution >= 0.6 is 0 Å². The molecule has 5 rings (SSSR count). The van der Waals surface area contributed by atoms with E-state index in [0.717, 1.165) is 63.4 Å². The molecule has 5 nitrogen and oxygen atoms in total. The predicted molar refractivity (Wildman–Crippen MR) is 94.8 cm³/mol. The molecule has 0 amide bonds. The fraction of sp³-hybridized carbons (Fsp3) is 0.526. The lowest BCUT2D eigenvalue weighted by Crippen LogP contribution is -2.36. The highest BCUT2D eigenvalue weighted by molar-refractivity contribution is 5.54. The van der Waals surface area contributed by atoms with Gasteiger partial charge >= 0.3 is 6.18 Å². The van der Waals surface area contributed by atoms with Crippen molar-refractivity contribution in [2.45, 2.75) is 37.9 Å². The molecule has 0 aromatic carbocycles. The average Bonchev–Trinajstić information content (AvgIpc) is 3.36. The van der Waals surface area contributed by atoms with E-state index in [9.17, 15) is 13.2 Å². The molecule has 4 heterocycles. The van der Waals surface area contributed by atoms with Crippen molar-refractivity contribution < 1.29 is 13.2 Å². The Morgan fingerprint density at radius 2 is 1.93 bits per heavy atom. The van der Waals surface area contributed by atoms with Gasteiger partial charge in [0.15, 0.2) is 0 Å². The van der Waals surface area contributed by atoms with Crippen LogP contribution in [0, 0.1) is 5.92 Å². The summed E-state index contributed by atoms with van der Waals surface area (Å²) in [5.74, 6) is 2.17. The molecular weight excluding hydrogens is 355 g/mol. The molecule has 3 aliphatic rings. The van der Waals surface area contributed by atoms with Crippen LogP contribution in [0.1, 0.15) is 29.7 Å². The van der Waals surface area contributed by atoms with Gasteiger partial charge in [0.05, 0.1) is 11.6 Å². The van der Waals surface area contributed by atoms with Crippen molar-refractivity contribution in [3.05, 3.63) is 41.5 Å². The number of rotatable bonds is 2. The maximum atomic E-state index is 12.8. The molecule has 0 spiro atoms. The van der Waals surface area contributed by atoms with E-state index in [4.69, 9.17) is 0 Å². The van der Waals surface area contributed by atoms with Crippen LogP contribution in [-0.4, -0.2) is 40.6 Å². The number of aryl methyl sites for hydroxylation is 1. The molecule has 27 heavy (non-hydrogen) atoms. The Morgan fingerprint density at radius 3 is 2.70 bits per heavy atom. The first-order valence-electron chi connectivity index (χ1n) is 9.38. The molecule has 2 aromatic heterocycles. The lowest BCUT2D eigenvalue weighted by atomic mass is 10.0. The highest BCUT2D eigenvalue weighted by Crippen LogP contribution is 2.39. The van der Waals surface area contributed by atoms with Gasteiger partial charge in [0.25, 0.3) is 0 Å². The second kappa shape index (κ2) is 6.07. The zero-order chi connectivity index (χ0) is 18.6. The number of anilines is 2. The zero-order valence-corrected chi connectivity index (χ0v) is 14.8. The van der Waals surface area contributed by atoms with E-state index >= 15 is 0 Å². The van der Waals surface area contributed by atoms with Crippen LogP contribution in [-0.2, 0) is 19.0 Å². The molecule has 2 unspecified atom stereocenters. The predicted octanol–water partition coefficient (Wildman–Crippen LogP) is 3.09. The van der Waals surface area contributed by atoms with Gasteiger partial charge in [0, 0.05) is 43.0 Å². The third-order valence-electron chi connectivity index (χ3n) is 6.07. The number of hydrogen-bond donors (Lipinski definition) is 0. The van der Waals surface area contributed by atoms with Gasteiger partial charge in [-0.05, 0) is 37.8 Å². The van der Waals surface area contributed by atoms with E-state index in [1.807, 2.05) is 0 Å². The smallest absolute Gasteiger partial charge is 0.354 e. The van der Waals surface area contributed by atoms with Crippen molar-refractivity contribution in [1.29, 1.82) is 0 Å². The maximum Gasteiger partial charge on any atom is 0.417 e. The normalized spacial score (nSPS) is 24.4. The summed E-state index contributed by atoms with van der Waals surface area (Å²) in [4.78, 5) is 17.6. The zero-order valence-electron chi connectivity index (χ0n) is 14.8. The van der Waals surface area contributed by atoms with Crippen molar-refractivity contribution in [1.82, 2.24) is 15.0 Å². The summed E-state index contributed by atoms with van der Waals surface area (Å²) in [5.41, 5.74) is 1.75. The third kappa shape index (κ3) is 2.82. The molecule has 2 aliphatic heterocycles. The van der Waals surface area contributed by atoms with E-state index in [0.29, 0.717) is 17.8 Å². The quantitative estimate of drug-likeness (QED) is 0.807. The van der Waals surface area contributed by atoms with Crippen molar-refractivity contribution in [3.8, 4) is 0 Å². The molecule has 142 valence electrons. The molecule has 1 aliphatic carbocycles. The summed E-state index contributed by atoms with van der Waals surface area (Å²) in [6, 6.07) is 2.93. The monoisotopic (exact) mass is 375 g/mol. The molecular formula is C19H20F3N5. The number of halogens is 3. The Morgan fingerprint density at radius 1 is 1.04 bits per heavy atom. The van der Waals surface area contributed by atoms with Crippen LogP contribution in [0.3, 0.4) is 0 Å². The fourth-order valence-corrected chi connectivity index (χ4v) is 4.74. The third-order valence-corrected chi connectivity index (χ3v) is 6.07. The lowest BCUT2D eigenvalue weighted by molar-refractivity contribution is -0.137. The van der Waals surface area contributed by atoms with Crippen molar-refractivity contribution in [3.63, 3.8) is 0 Å². The molecule has 0 radical (unpaired) electrons. The van der Waals surface area contributed by atoms with E-state index in [-0.39, 0.29) is 0 Å². The molecule has 2 aromatic rings. The van der Waals surface area contributed by atoms with Gasteiger partial charge in [-0.1, -0.05) is 0 Å². The van der Waals surface area contributed by atoms with E-state index in [1.165, 1.54) is 17.3 Å². The summed E-state index contributed by atoms with van der Waals surface area (Å²) in [6.45, 7) is 2.57. The summed E-state index contributed by atoms with van der Waals surface area (Å²) in [6.07, 6.45) is 2.50. The first-order chi connectivity index (χ1) is 13.0. The molecule has 0 N–H and O–H groups in total. The van der Waals surface area contributed by atoms with Crippen molar-refractivity contribution in [2.75, 3.05) is 29.4 Å². The number of hydrogen-bond acceptors (Lipinski definition) is 5. The minimum atomic E-state index is -4.35. The standard InChI is InChI=1S/C19H20F3N5/c20-19(21,22)13-4-5-17(23-8-13)26-9-12-6-7-27(16(12)10-26)18-14-2-1-3-15(14)24-11-25-18/h4-5,8,11-12,16H,1-3,6-7,9-10H2. The van der Waals surface area contributed by atoms with E-state index in [2.05, 4.69) is 24.8 Å². The molecule has 2 atom stereocenters. The highest BCUT2D eigenvalue weighted by atomic mass is 19.4. The number of alkyl halides is 3. The topological polar surface area (TPSA) is 45.2 Å². The van der Waals surface area contributed by atoms with Crippen LogP contribution in [0.4, 0.5) is 24.8 Å². The molecule has 2 fully saturated rings. The minimum Gasteiger partial charge on any atom is -0.354 e. The van der Waals surface area contributed by atoms with Gasteiger partial charge in [0.1, 0.15) is 18.0 Å². The van der Waals surface area contributed by atoms with Gasteiger partial charge < -0.3 is 9.80 Å². The first kappa shape index (κ1) is 16.8. The Bertz CT molecular complexity index is 851. The Balaban J connectivity index is 1.37. The van der Waals surface area contributed by atoms with Gasteiger partial charge in [0.2, 0.25) is 0 Å². The molecule has 0 bridgehead atoms. The minimum absolute atomic E-state index is 0.327. The van der Waals surface area contributed by atoms with Crippen LogP contribution < -0.4 is 9.80 Å². The lowest BCUT2D eigenvalue weighted by Gasteiger charge is -2.27. The second-order valence-electron chi connectivity index (χ2n) is 7.59. The number of pyridine rings is 1. The molecule has 2 saturated heterocycles.